The van der Waals surface area contributed by atoms with E-state index in [4.69, 9.17) is 16.3 Å². The van der Waals surface area contributed by atoms with E-state index in [9.17, 15) is 0 Å². The van der Waals surface area contributed by atoms with E-state index in [2.05, 4.69) is 29.8 Å². The van der Waals surface area contributed by atoms with Crippen LogP contribution in [0.15, 0.2) is 0 Å². The van der Waals surface area contributed by atoms with Crippen LogP contribution < -0.4 is 0 Å². The van der Waals surface area contributed by atoms with E-state index in [0.717, 1.165) is 5.75 Å². The predicted molar refractivity (Wildman–Crippen MR) is 54.8 cm³/mol. The molecular formula is C7H12BrClOS. The minimum atomic E-state index is -0.0838. The smallest absolute Gasteiger partial charge is 0.123 e. The third kappa shape index (κ3) is 2.27. The van der Waals surface area contributed by atoms with Crippen molar-refractivity contribution >= 4 is 39.3 Å². The Morgan fingerprint density at radius 2 is 2.55 bits per heavy atom. The van der Waals surface area contributed by atoms with Crippen LogP contribution in [-0.4, -0.2) is 27.5 Å². The Balaban J connectivity index is 2.50. The third-order valence-corrected chi connectivity index (χ3v) is 4.93. The largest absolute Gasteiger partial charge is 0.358 e. The zero-order valence-corrected chi connectivity index (χ0v) is 9.80. The molecule has 0 aromatic heterocycles. The van der Waals surface area contributed by atoms with Crippen LogP contribution in [0.4, 0.5) is 0 Å². The molecule has 1 heterocycles. The fourth-order valence-electron chi connectivity index (χ4n) is 0.942. The number of rotatable bonds is 2. The van der Waals surface area contributed by atoms with Gasteiger partial charge in [0.1, 0.15) is 4.93 Å². The van der Waals surface area contributed by atoms with Crippen LogP contribution in [0.25, 0.3) is 0 Å². The average molecular weight is 260 g/mol. The third-order valence-electron chi connectivity index (χ3n) is 1.85. The summed E-state index contributed by atoms with van der Waals surface area (Å²) in [5.74, 6) is 1.61. The molecule has 0 aromatic carbocycles. The van der Waals surface area contributed by atoms with Gasteiger partial charge in [0.15, 0.2) is 0 Å². The van der Waals surface area contributed by atoms with Gasteiger partial charge in [-0.1, -0.05) is 15.9 Å². The van der Waals surface area contributed by atoms with Crippen LogP contribution in [-0.2, 0) is 4.74 Å². The summed E-state index contributed by atoms with van der Waals surface area (Å²) in [6.45, 7) is 4.20. The van der Waals surface area contributed by atoms with Gasteiger partial charge >= 0.3 is 0 Å². The zero-order chi connectivity index (χ0) is 8.48. The van der Waals surface area contributed by atoms with E-state index in [-0.39, 0.29) is 11.0 Å². The SMILES string of the molecule is CC(Br)C1(C)OC(CCl)CS1. The summed E-state index contributed by atoms with van der Waals surface area (Å²) < 4.78 is 5.74. The summed E-state index contributed by atoms with van der Waals surface area (Å²) in [6.07, 6.45) is 0.228. The summed E-state index contributed by atoms with van der Waals surface area (Å²) in [7, 11) is 0. The van der Waals surface area contributed by atoms with Crippen molar-refractivity contribution in [3.8, 4) is 0 Å². The highest BCUT2D eigenvalue weighted by molar-refractivity contribution is 9.09. The second kappa shape index (κ2) is 3.86. The highest BCUT2D eigenvalue weighted by Crippen LogP contribution is 2.41. The molecule has 4 heteroatoms. The summed E-state index contributed by atoms with van der Waals surface area (Å²) in [6, 6.07) is 0. The Kier molecular flexibility index (Phi) is 3.57. The molecule has 11 heavy (non-hydrogen) atoms. The van der Waals surface area contributed by atoms with Crippen molar-refractivity contribution in [3.63, 3.8) is 0 Å². The second-order valence-electron chi connectivity index (χ2n) is 2.84. The van der Waals surface area contributed by atoms with Gasteiger partial charge < -0.3 is 4.74 Å². The highest BCUT2D eigenvalue weighted by atomic mass is 79.9. The van der Waals surface area contributed by atoms with Crippen molar-refractivity contribution in [1.29, 1.82) is 0 Å². The van der Waals surface area contributed by atoms with Gasteiger partial charge in [0.2, 0.25) is 0 Å². The molecule has 1 aliphatic heterocycles. The molecule has 1 rings (SSSR count). The van der Waals surface area contributed by atoms with E-state index >= 15 is 0 Å². The minimum absolute atomic E-state index is 0.0838. The first-order valence-electron chi connectivity index (χ1n) is 3.60. The Labute approximate surface area is 85.3 Å². The first-order chi connectivity index (χ1) is 5.08. The molecule has 0 aromatic rings. The maximum Gasteiger partial charge on any atom is 0.123 e. The molecule has 0 saturated carbocycles. The second-order valence-corrected chi connectivity index (χ2v) is 5.95. The van der Waals surface area contributed by atoms with Gasteiger partial charge in [-0.05, 0) is 13.8 Å². The number of thioether (sulfide) groups is 1. The Morgan fingerprint density at radius 1 is 1.91 bits per heavy atom. The Bertz CT molecular complexity index is 144. The number of hydrogen-bond donors (Lipinski definition) is 0. The van der Waals surface area contributed by atoms with Gasteiger partial charge in [-0.15, -0.1) is 23.4 Å². The Morgan fingerprint density at radius 3 is 2.82 bits per heavy atom. The lowest BCUT2D eigenvalue weighted by molar-refractivity contribution is 0.0182. The van der Waals surface area contributed by atoms with Crippen molar-refractivity contribution in [3.05, 3.63) is 0 Å². The van der Waals surface area contributed by atoms with E-state index < -0.39 is 0 Å². The standard InChI is InChI=1S/C7H12BrClOS/c1-5(8)7(2)10-6(3-9)4-11-7/h5-6H,3-4H2,1-2H3. The molecule has 3 unspecified atom stereocenters. The summed E-state index contributed by atoms with van der Waals surface area (Å²) in [4.78, 5) is 0.285. The molecule has 1 fully saturated rings. The molecule has 0 aliphatic carbocycles. The van der Waals surface area contributed by atoms with Crippen molar-refractivity contribution in [2.24, 2.45) is 0 Å². The lowest BCUT2D eigenvalue weighted by Gasteiger charge is -2.26. The molecule has 0 radical (unpaired) electrons. The van der Waals surface area contributed by atoms with Gasteiger partial charge in [-0.3, -0.25) is 0 Å². The number of ether oxygens (including phenoxy) is 1. The lowest BCUT2D eigenvalue weighted by Crippen LogP contribution is -2.31. The maximum atomic E-state index is 5.74. The topological polar surface area (TPSA) is 9.23 Å². The summed E-state index contributed by atoms with van der Waals surface area (Å²) in [5.41, 5.74) is 0. The monoisotopic (exact) mass is 258 g/mol. The Hall–Kier alpha value is 1.08. The van der Waals surface area contributed by atoms with Crippen molar-refractivity contribution in [1.82, 2.24) is 0 Å². The van der Waals surface area contributed by atoms with Gasteiger partial charge in [0.05, 0.1) is 6.10 Å². The van der Waals surface area contributed by atoms with E-state index in [1.54, 1.807) is 0 Å². The highest BCUT2D eigenvalue weighted by Gasteiger charge is 2.39. The van der Waals surface area contributed by atoms with E-state index in [1.807, 2.05) is 11.8 Å². The van der Waals surface area contributed by atoms with Crippen molar-refractivity contribution in [2.75, 3.05) is 11.6 Å². The molecule has 1 saturated heterocycles. The van der Waals surface area contributed by atoms with Gasteiger partial charge in [0.25, 0.3) is 0 Å². The maximum absolute atomic E-state index is 5.74. The fourth-order valence-corrected chi connectivity index (χ4v) is 2.88. The summed E-state index contributed by atoms with van der Waals surface area (Å²) >= 11 is 11.0. The fraction of sp³-hybridized carbons (Fsp3) is 1.00. The molecule has 1 aliphatic rings. The number of hydrogen-bond acceptors (Lipinski definition) is 2. The average Bonchev–Trinajstić information content (AvgIpc) is 2.33. The van der Waals surface area contributed by atoms with Crippen LogP contribution in [0.2, 0.25) is 0 Å². The molecule has 1 nitrogen and oxygen atoms in total. The molecule has 3 atom stereocenters. The van der Waals surface area contributed by atoms with Crippen LogP contribution in [0, 0.1) is 0 Å². The van der Waals surface area contributed by atoms with Gasteiger partial charge in [-0.2, -0.15) is 0 Å². The van der Waals surface area contributed by atoms with Crippen LogP contribution in [0.1, 0.15) is 13.8 Å². The van der Waals surface area contributed by atoms with Gasteiger partial charge in [-0.25, -0.2) is 0 Å². The lowest BCUT2D eigenvalue weighted by atomic mass is 10.3. The van der Waals surface area contributed by atoms with Crippen LogP contribution in [0.5, 0.6) is 0 Å². The zero-order valence-electron chi connectivity index (χ0n) is 6.64. The van der Waals surface area contributed by atoms with Crippen molar-refractivity contribution in [2.45, 2.75) is 29.7 Å². The summed E-state index contributed by atoms with van der Waals surface area (Å²) in [5, 5.41) is 0. The first kappa shape index (κ1) is 10.2. The van der Waals surface area contributed by atoms with E-state index in [1.165, 1.54) is 0 Å². The molecule has 0 amide bonds. The van der Waals surface area contributed by atoms with Crippen molar-refractivity contribution < 1.29 is 4.74 Å². The molecule has 0 N–H and O–H groups in total. The molecule has 0 bridgehead atoms. The van der Waals surface area contributed by atoms with E-state index in [0.29, 0.717) is 10.7 Å². The molecule has 0 spiro atoms. The molecule has 66 valence electrons. The number of halogens is 2. The van der Waals surface area contributed by atoms with Gasteiger partial charge in [0, 0.05) is 16.5 Å². The normalized spacial score (nSPS) is 40.9. The van der Waals surface area contributed by atoms with Crippen LogP contribution in [0.3, 0.4) is 0 Å². The molecular weight excluding hydrogens is 247 g/mol. The minimum Gasteiger partial charge on any atom is -0.358 e. The number of alkyl halides is 2. The van der Waals surface area contributed by atoms with Crippen LogP contribution >= 0.6 is 39.3 Å². The quantitative estimate of drug-likeness (QED) is 0.705. The predicted octanol–water partition coefficient (Wildman–Crippen LogP) is 2.86. The first-order valence-corrected chi connectivity index (χ1v) is 6.04.